The molecular weight excluding hydrogens is 325 g/mol. The third kappa shape index (κ3) is 4.10. The Morgan fingerprint density at radius 3 is 2.36 bits per heavy atom. The Bertz CT molecular complexity index is 657. The number of amides is 1. The van der Waals surface area contributed by atoms with Crippen molar-refractivity contribution in [3.8, 4) is 5.75 Å². The summed E-state index contributed by atoms with van der Waals surface area (Å²) >= 11 is 0. The lowest BCUT2D eigenvalue weighted by atomic mass is 10.3. The largest absolute Gasteiger partial charge is 0.492 e. The summed E-state index contributed by atoms with van der Waals surface area (Å²) in [5.74, 6) is -2.20. The molecule has 0 unspecified atom stereocenters. The Balaban J connectivity index is 3.29. The van der Waals surface area contributed by atoms with Gasteiger partial charge in [0.2, 0.25) is 10.0 Å². The second-order valence-corrected chi connectivity index (χ2v) is 6.45. The number of carbonyl (C=O) groups is 1. The first-order chi connectivity index (χ1) is 10.00. The Morgan fingerprint density at radius 1 is 1.32 bits per heavy atom. The van der Waals surface area contributed by atoms with Gasteiger partial charge in [0.05, 0.1) is 6.61 Å². The molecule has 22 heavy (non-hydrogen) atoms. The van der Waals surface area contributed by atoms with E-state index in [9.17, 15) is 26.4 Å². The number of benzene rings is 1. The summed E-state index contributed by atoms with van der Waals surface area (Å²) < 4.78 is 67.1. The van der Waals surface area contributed by atoms with Crippen molar-refractivity contribution in [2.75, 3.05) is 26.0 Å². The smallest absolute Gasteiger partial charge is 0.471 e. The van der Waals surface area contributed by atoms with E-state index in [1.54, 1.807) is 12.2 Å². The summed E-state index contributed by atoms with van der Waals surface area (Å²) in [6.45, 7) is 1.80. The van der Waals surface area contributed by atoms with Gasteiger partial charge < -0.3 is 10.1 Å². The van der Waals surface area contributed by atoms with E-state index in [1.807, 2.05) is 0 Å². The third-order valence-corrected chi connectivity index (χ3v) is 4.35. The average molecular weight is 340 g/mol. The molecule has 0 spiro atoms. The monoisotopic (exact) mass is 340 g/mol. The quantitative estimate of drug-likeness (QED) is 0.887. The van der Waals surface area contributed by atoms with Crippen LogP contribution >= 0.6 is 0 Å². The van der Waals surface area contributed by atoms with Crippen LogP contribution in [0.4, 0.5) is 18.9 Å². The van der Waals surface area contributed by atoms with Crippen LogP contribution in [0.2, 0.25) is 0 Å². The molecule has 1 aromatic carbocycles. The SMILES string of the molecule is CCOc1ccc(NC(=O)C(F)(F)F)cc1S(=O)(=O)N(C)C. The van der Waals surface area contributed by atoms with Crippen molar-refractivity contribution in [3.63, 3.8) is 0 Å². The highest BCUT2D eigenvalue weighted by atomic mass is 32.2. The minimum absolute atomic E-state index is 0.0128. The van der Waals surface area contributed by atoms with E-state index in [-0.39, 0.29) is 22.9 Å². The van der Waals surface area contributed by atoms with Crippen LogP contribution in [0, 0.1) is 0 Å². The molecule has 0 aromatic heterocycles. The van der Waals surface area contributed by atoms with Gasteiger partial charge in [0.1, 0.15) is 10.6 Å². The van der Waals surface area contributed by atoms with Crippen LogP contribution in [0.1, 0.15) is 6.92 Å². The second kappa shape index (κ2) is 6.53. The van der Waals surface area contributed by atoms with Crippen molar-refractivity contribution >= 4 is 21.6 Å². The lowest BCUT2D eigenvalue weighted by Gasteiger charge is -2.17. The number of sulfonamides is 1. The molecule has 10 heteroatoms. The molecule has 6 nitrogen and oxygen atoms in total. The zero-order valence-corrected chi connectivity index (χ0v) is 12.9. The van der Waals surface area contributed by atoms with Gasteiger partial charge in [0.25, 0.3) is 0 Å². The second-order valence-electron chi connectivity index (χ2n) is 4.33. The first kappa shape index (κ1) is 18.2. The molecule has 0 aliphatic carbocycles. The van der Waals surface area contributed by atoms with E-state index in [0.717, 1.165) is 16.4 Å². The van der Waals surface area contributed by atoms with Crippen LogP contribution in [0.25, 0.3) is 0 Å². The summed E-state index contributed by atoms with van der Waals surface area (Å²) in [5, 5.41) is 1.60. The van der Waals surface area contributed by atoms with Crippen molar-refractivity contribution in [2.24, 2.45) is 0 Å². The van der Waals surface area contributed by atoms with E-state index in [2.05, 4.69) is 0 Å². The summed E-state index contributed by atoms with van der Waals surface area (Å²) in [6, 6.07) is 3.24. The van der Waals surface area contributed by atoms with Gasteiger partial charge in [-0.1, -0.05) is 0 Å². The maximum absolute atomic E-state index is 12.2. The minimum Gasteiger partial charge on any atom is -0.492 e. The van der Waals surface area contributed by atoms with Crippen molar-refractivity contribution < 1.29 is 31.1 Å². The fourth-order valence-corrected chi connectivity index (χ4v) is 2.51. The van der Waals surface area contributed by atoms with Gasteiger partial charge in [-0.05, 0) is 25.1 Å². The maximum atomic E-state index is 12.2. The predicted octanol–water partition coefficient (Wildman–Crippen LogP) is 1.84. The van der Waals surface area contributed by atoms with Crippen LogP contribution in [0.15, 0.2) is 23.1 Å². The number of nitrogens with one attached hydrogen (secondary N) is 1. The van der Waals surface area contributed by atoms with Crippen molar-refractivity contribution in [2.45, 2.75) is 18.0 Å². The van der Waals surface area contributed by atoms with Gasteiger partial charge in [-0.2, -0.15) is 13.2 Å². The van der Waals surface area contributed by atoms with Crippen molar-refractivity contribution in [1.82, 2.24) is 4.31 Å². The Labute approximate surface area is 125 Å². The van der Waals surface area contributed by atoms with Crippen LogP contribution in [-0.2, 0) is 14.8 Å². The molecule has 1 N–H and O–H groups in total. The molecule has 1 rings (SSSR count). The standard InChI is InChI=1S/C12H15F3N2O4S/c1-4-21-9-6-5-8(16-11(18)12(13,14)15)7-10(9)22(19,20)17(2)3/h5-7H,4H2,1-3H3,(H,16,18). The zero-order chi connectivity index (χ0) is 17.1. The highest BCUT2D eigenvalue weighted by molar-refractivity contribution is 7.89. The van der Waals surface area contributed by atoms with E-state index in [0.29, 0.717) is 0 Å². The van der Waals surface area contributed by atoms with Crippen molar-refractivity contribution in [3.05, 3.63) is 18.2 Å². The van der Waals surface area contributed by atoms with E-state index in [1.165, 1.54) is 20.2 Å². The molecule has 0 aliphatic rings. The van der Waals surface area contributed by atoms with E-state index >= 15 is 0 Å². The van der Waals surface area contributed by atoms with Crippen LogP contribution in [0.5, 0.6) is 5.75 Å². The van der Waals surface area contributed by atoms with Crippen molar-refractivity contribution in [1.29, 1.82) is 0 Å². The number of rotatable bonds is 5. The maximum Gasteiger partial charge on any atom is 0.471 e. The topological polar surface area (TPSA) is 75.7 Å². The molecule has 0 atom stereocenters. The van der Waals surface area contributed by atoms with E-state index < -0.39 is 22.1 Å². The summed E-state index contributed by atoms with van der Waals surface area (Å²) in [6.07, 6.45) is -5.07. The van der Waals surface area contributed by atoms with Gasteiger partial charge in [-0.3, -0.25) is 4.79 Å². The van der Waals surface area contributed by atoms with Gasteiger partial charge in [0.15, 0.2) is 0 Å². The van der Waals surface area contributed by atoms with Gasteiger partial charge in [0, 0.05) is 19.8 Å². The number of ether oxygens (including phenoxy) is 1. The summed E-state index contributed by atoms with van der Waals surface area (Å²) in [4.78, 5) is 10.6. The predicted molar refractivity (Wildman–Crippen MR) is 73.2 cm³/mol. The highest BCUT2D eigenvalue weighted by Gasteiger charge is 2.38. The first-order valence-corrected chi connectivity index (χ1v) is 7.51. The average Bonchev–Trinajstić information content (AvgIpc) is 2.39. The molecule has 0 radical (unpaired) electrons. The molecule has 0 saturated heterocycles. The Hall–Kier alpha value is -1.81. The van der Waals surface area contributed by atoms with Gasteiger partial charge in [-0.25, -0.2) is 12.7 Å². The molecular formula is C12H15F3N2O4S. The third-order valence-electron chi connectivity index (χ3n) is 2.52. The number of halogens is 3. The molecule has 0 fully saturated rings. The number of alkyl halides is 3. The number of anilines is 1. The normalized spacial score (nSPS) is 12.3. The summed E-state index contributed by atoms with van der Waals surface area (Å²) in [5.41, 5.74) is -0.300. The highest BCUT2D eigenvalue weighted by Crippen LogP contribution is 2.30. The van der Waals surface area contributed by atoms with Crippen LogP contribution in [-0.4, -0.2) is 45.5 Å². The molecule has 0 bridgehead atoms. The summed E-state index contributed by atoms with van der Waals surface area (Å²) in [7, 11) is -1.41. The van der Waals surface area contributed by atoms with E-state index in [4.69, 9.17) is 4.74 Å². The fraction of sp³-hybridized carbons (Fsp3) is 0.417. The number of carbonyl (C=O) groups excluding carboxylic acids is 1. The number of hydrogen-bond acceptors (Lipinski definition) is 4. The zero-order valence-electron chi connectivity index (χ0n) is 12.1. The van der Waals surface area contributed by atoms with Gasteiger partial charge in [-0.15, -0.1) is 0 Å². The fourth-order valence-electron chi connectivity index (χ4n) is 1.46. The molecule has 0 heterocycles. The lowest BCUT2D eigenvalue weighted by molar-refractivity contribution is -0.167. The number of nitrogens with zero attached hydrogens (tertiary/aromatic N) is 1. The lowest BCUT2D eigenvalue weighted by Crippen LogP contribution is -2.30. The molecule has 0 saturated carbocycles. The Morgan fingerprint density at radius 2 is 1.91 bits per heavy atom. The molecule has 1 amide bonds. The molecule has 1 aromatic rings. The van der Waals surface area contributed by atoms with Crippen LogP contribution < -0.4 is 10.1 Å². The Kier molecular flexibility index (Phi) is 5.41. The van der Waals surface area contributed by atoms with Crippen LogP contribution in [0.3, 0.4) is 0 Å². The molecule has 124 valence electrons. The first-order valence-electron chi connectivity index (χ1n) is 6.07. The molecule has 0 aliphatic heterocycles. The minimum atomic E-state index is -5.07. The van der Waals surface area contributed by atoms with Gasteiger partial charge >= 0.3 is 12.1 Å². The number of hydrogen-bond donors (Lipinski definition) is 1.